The largest absolute Gasteiger partial charge is 0.340 e. The van der Waals surface area contributed by atoms with E-state index >= 15 is 0 Å². The molecule has 0 spiro atoms. The highest BCUT2D eigenvalue weighted by Gasteiger charge is 2.35. The molecule has 15 heavy (non-hydrogen) atoms. The summed E-state index contributed by atoms with van der Waals surface area (Å²) in [4.78, 5) is 16.0. The molecule has 1 aliphatic heterocycles. The average molecular weight is 211 g/mol. The van der Waals surface area contributed by atoms with Crippen LogP contribution in [0.15, 0.2) is 12.7 Å². The lowest BCUT2D eigenvalue weighted by Crippen LogP contribution is -2.61. The lowest BCUT2D eigenvalue weighted by atomic mass is 10.1. The molecule has 4 nitrogen and oxygen atoms in total. The van der Waals surface area contributed by atoms with Crippen molar-refractivity contribution in [1.82, 2.24) is 15.1 Å². The second-order valence-electron chi connectivity index (χ2n) is 4.11. The summed E-state index contributed by atoms with van der Waals surface area (Å²) in [5.74, 6) is 0.199. The van der Waals surface area contributed by atoms with E-state index in [9.17, 15) is 4.79 Å². The Morgan fingerprint density at radius 1 is 1.67 bits per heavy atom. The van der Waals surface area contributed by atoms with E-state index in [1.807, 2.05) is 25.1 Å². The van der Waals surface area contributed by atoms with Crippen LogP contribution in [0.5, 0.6) is 0 Å². The van der Waals surface area contributed by atoms with Crippen LogP contribution in [0.2, 0.25) is 0 Å². The van der Waals surface area contributed by atoms with Crippen LogP contribution in [0.25, 0.3) is 0 Å². The Bertz CT molecular complexity index is 242. The van der Waals surface area contributed by atoms with E-state index in [-0.39, 0.29) is 18.0 Å². The number of hydrogen-bond donors (Lipinski definition) is 1. The third-order valence-corrected chi connectivity index (χ3v) is 2.99. The lowest BCUT2D eigenvalue weighted by Gasteiger charge is -2.42. The van der Waals surface area contributed by atoms with Gasteiger partial charge in [-0.25, -0.2) is 0 Å². The highest BCUT2D eigenvalue weighted by molar-refractivity contribution is 5.83. The molecule has 0 bridgehead atoms. The predicted molar refractivity (Wildman–Crippen MR) is 61.7 cm³/mol. The normalized spacial score (nSPS) is 28.2. The molecule has 2 unspecified atom stereocenters. The zero-order chi connectivity index (χ0) is 11.4. The Morgan fingerprint density at radius 2 is 2.33 bits per heavy atom. The summed E-state index contributed by atoms with van der Waals surface area (Å²) < 4.78 is 0. The minimum absolute atomic E-state index is 0.0470. The molecular weight excluding hydrogens is 190 g/mol. The standard InChI is InChI=1S/C11H21N3O/c1-5-6-14-8-9(2)13(4)11(15)10(14)7-12-3/h5,9-10,12H,1,6-8H2,2-4H3. The van der Waals surface area contributed by atoms with Crippen LogP contribution >= 0.6 is 0 Å². The van der Waals surface area contributed by atoms with Gasteiger partial charge in [0.1, 0.15) is 6.04 Å². The number of hydrogen-bond acceptors (Lipinski definition) is 3. The maximum Gasteiger partial charge on any atom is 0.241 e. The highest BCUT2D eigenvalue weighted by Crippen LogP contribution is 2.14. The Morgan fingerprint density at radius 3 is 2.87 bits per heavy atom. The number of rotatable bonds is 4. The first-order valence-electron chi connectivity index (χ1n) is 5.38. The molecule has 0 aromatic carbocycles. The molecule has 1 rings (SSSR count). The van der Waals surface area contributed by atoms with Gasteiger partial charge in [-0.2, -0.15) is 0 Å². The molecule has 1 fully saturated rings. The molecule has 0 aliphatic carbocycles. The van der Waals surface area contributed by atoms with Crippen LogP contribution in [0.3, 0.4) is 0 Å². The monoisotopic (exact) mass is 211 g/mol. The van der Waals surface area contributed by atoms with Crippen molar-refractivity contribution in [3.05, 3.63) is 12.7 Å². The Kier molecular flexibility index (Phi) is 4.29. The molecule has 1 heterocycles. The van der Waals surface area contributed by atoms with Gasteiger partial charge in [-0.1, -0.05) is 6.08 Å². The number of nitrogens with zero attached hydrogens (tertiary/aromatic N) is 2. The summed E-state index contributed by atoms with van der Waals surface area (Å²) >= 11 is 0. The van der Waals surface area contributed by atoms with Gasteiger partial charge >= 0.3 is 0 Å². The Labute approximate surface area is 91.9 Å². The first-order valence-corrected chi connectivity index (χ1v) is 5.38. The SMILES string of the molecule is C=CCN1CC(C)N(C)C(=O)C1CNC. The fraction of sp³-hybridized carbons (Fsp3) is 0.727. The molecule has 1 amide bonds. The summed E-state index contributed by atoms with van der Waals surface area (Å²) in [6.07, 6.45) is 1.86. The molecule has 0 aromatic heterocycles. The van der Waals surface area contributed by atoms with Gasteiger partial charge < -0.3 is 10.2 Å². The van der Waals surface area contributed by atoms with Gasteiger partial charge in [-0.15, -0.1) is 6.58 Å². The van der Waals surface area contributed by atoms with Crippen LogP contribution in [0.4, 0.5) is 0 Å². The molecule has 0 radical (unpaired) electrons. The number of nitrogens with one attached hydrogen (secondary N) is 1. The summed E-state index contributed by atoms with van der Waals surface area (Å²) in [6.45, 7) is 8.19. The molecule has 86 valence electrons. The second-order valence-corrected chi connectivity index (χ2v) is 4.11. The van der Waals surface area contributed by atoms with E-state index in [1.165, 1.54) is 0 Å². The van der Waals surface area contributed by atoms with Crippen LogP contribution in [0.1, 0.15) is 6.92 Å². The van der Waals surface area contributed by atoms with Crippen LogP contribution in [-0.2, 0) is 4.79 Å². The van der Waals surface area contributed by atoms with Crippen molar-refractivity contribution in [2.24, 2.45) is 0 Å². The number of carbonyl (C=O) groups is 1. The van der Waals surface area contributed by atoms with Gasteiger partial charge in [-0.3, -0.25) is 9.69 Å². The van der Waals surface area contributed by atoms with Crippen molar-refractivity contribution in [2.45, 2.75) is 19.0 Å². The van der Waals surface area contributed by atoms with Gasteiger partial charge in [0.15, 0.2) is 0 Å². The number of amides is 1. The van der Waals surface area contributed by atoms with E-state index in [0.717, 1.165) is 13.1 Å². The molecule has 0 aromatic rings. The second kappa shape index (κ2) is 5.28. The van der Waals surface area contributed by atoms with E-state index < -0.39 is 0 Å². The van der Waals surface area contributed by atoms with Gasteiger partial charge in [0.05, 0.1) is 0 Å². The molecule has 2 atom stereocenters. The first kappa shape index (κ1) is 12.2. The van der Waals surface area contributed by atoms with Crippen molar-refractivity contribution >= 4 is 5.91 Å². The Hall–Kier alpha value is -0.870. The van der Waals surface area contributed by atoms with Crippen molar-refractivity contribution in [3.63, 3.8) is 0 Å². The molecule has 4 heteroatoms. The lowest BCUT2D eigenvalue weighted by molar-refractivity contribution is -0.142. The smallest absolute Gasteiger partial charge is 0.241 e. The average Bonchev–Trinajstić information content (AvgIpc) is 2.21. The third-order valence-electron chi connectivity index (χ3n) is 2.99. The summed E-state index contributed by atoms with van der Waals surface area (Å²) in [6, 6.07) is 0.236. The summed E-state index contributed by atoms with van der Waals surface area (Å²) in [5, 5.41) is 3.07. The number of carbonyl (C=O) groups excluding carboxylic acids is 1. The number of piperazine rings is 1. The first-order chi connectivity index (χ1) is 7.11. The van der Waals surface area contributed by atoms with Crippen molar-refractivity contribution < 1.29 is 4.79 Å². The van der Waals surface area contributed by atoms with Crippen molar-refractivity contribution in [2.75, 3.05) is 33.7 Å². The van der Waals surface area contributed by atoms with Gasteiger partial charge in [0, 0.05) is 32.7 Å². The topological polar surface area (TPSA) is 35.6 Å². The fourth-order valence-corrected chi connectivity index (χ4v) is 1.97. The van der Waals surface area contributed by atoms with Crippen LogP contribution in [0, 0.1) is 0 Å². The van der Waals surface area contributed by atoms with Crippen molar-refractivity contribution in [1.29, 1.82) is 0 Å². The van der Waals surface area contributed by atoms with E-state index in [4.69, 9.17) is 0 Å². The highest BCUT2D eigenvalue weighted by atomic mass is 16.2. The van der Waals surface area contributed by atoms with Gasteiger partial charge in [0.25, 0.3) is 0 Å². The summed E-state index contributed by atoms with van der Waals surface area (Å²) in [5.41, 5.74) is 0. The van der Waals surface area contributed by atoms with E-state index in [1.54, 1.807) is 0 Å². The maximum atomic E-state index is 12.0. The van der Waals surface area contributed by atoms with Crippen LogP contribution < -0.4 is 5.32 Å². The maximum absolute atomic E-state index is 12.0. The molecule has 1 saturated heterocycles. The zero-order valence-electron chi connectivity index (χ0n) is 9.86. The minimum atomic E-state index is -0.0470. The fourth-order valence-electron chi connectivity index (χ4n) is 1.97. The van der Waals surface area contributed by atoms with E-state index in [2.05, 4.69) is 23.7 Å². The van der Waals surface area contributed by atoms with Crippen molar-refractivity contribution in [3.8, 4) is 0 Å². The number of likely N-dealkylation sites (N-methyl/N-ethyl adjacent to an activating group) is 2. The minimum Gasteiger partial charge on any atom is -0.340 e. The predicted octanol–water partition coefficient (Wildman–Crippen LogP) is -0.0771. The zero-order valence-corrected chi connectivity index (χ0v) is 9.86. The summed E-state index contributed by atoms with van der Waals surface area (Å²) in [7, 11) is 3.75. The molecule has 1 aliphatic rings. The third kappa shape index (κ3) is 2.58. The van der Waals surface area contributed by atoms with Gasteiger partial charge in [0.2, 0.25) is 5.91 Å². The van der Waals surface area contributed by atoms with E-state index in [0.29, 0.717) is 6.54 Å². The molecule has 1 N–H and O–H groups in total. The Balaban J connectivity index is 2.75. The van der Waals surface area contributed by atoms with Gasteiger partial charge in [-0.05, 0) is 14.0 Å². The van der Waals surface area contributed by atoms with Crippen LogP contribution in [-0.4, -0.2) is 61.5 Å². The molecular formula is C11H21N3O. The molecule has 0 saturated carbocycles. The quantitative estimate of drug-likeness (QED) is 0.661.